The van der Waals surface area contributed by atoms with Crippen molar-refractivity contribution < 1.29 is 4.42 Å². The van der Waals surface area contributed by atoms with E-state index in [0.717, 1.165) is 21.3 Å². The summed E-state index contributed by atoms with van der Waals surface area (Å²) in [4.78, 5) is 4.73. The second-order valence-corrected chi connectivity index (χ2v) is 6.84. The molecule has 0 saturated carbocycles. The average Bonchev–Trinajstić information content (AvgIpc) is 3.42. The first-order chi connectivity index (χ1) is 13.7. The number of nitrogens with zero attached hydrogens (tertiary/aromatic N) is 5. The van der Waals surface area contributed by atoms with E-state index in [9.17, 15) is 5.26 Å². The Morgan fingerprint density at radius 1 is 1.07 bits per heavy atom. The summed E-state index contributed by atoms with van der Waals surface area (Å²) in [6, 6.07) is 16.8. The molecule has 0 aliphatic heterocycles. The van der Waals surface area contributed by atoms with Gasteiger partial charge in [0.2, 0.25) is 5.89 Å². The zero-order valence-electron chi connectivity index (χ0n) is 14.9. The summed E-state index contributed by atoms with van der Waals surface area (Å²) in [6.45, 7) is 1.97. The first-order valence-electron chi connectivity index (χ1n) is 8.55. The number of hydrogen-bond donors (Lipinski definition) is 0. The molecule has 6 nitrogen and oxygen atoms in total. The van der Waals surface area contributed by atoms with E-state index in [-0.39, 0.29) is 0 Å². The monoisotopic (exact) mass is 383 g/mol. The van der Waals surface area contributed by atoms with Crippen molar-refractivity contribution >= 4 is 32.8 Å². The van der Waals surface area contributed by atoms with E-state index in [0.29, 0.717) is 35.0 Å². The predicted octanol–water partition coefficient (Wildman–Crippen LogP) is 5.23. The van der Waals surface area contributed by atoms with E-state index in [1.165, 1.54) is 11.3 Å². The van der Waals surface area contributed by atoms with E-state index in [1.807, 2.05) is 24.4 Å². The Balaban J connectivity index is 1.72. The maximum absolute atomic E-state index is 9.26. The lowest BCUT2D eigenvalue weighted by Crippen LogP contribution is -1.99. The first-order valence-corrected chi connectivity index (χ1v) is 9.43. The Kier molecular flexibility index (Phi) is 4.67. The third-order valence-corrected chi connectivity index (χ3v) is 5.18. The molecular formula is C21H13N5OS. The van der Waals surface area contributed by atoms with Crippen molar-refractivity contribution in [1.82, 2.24) is 10.2 Å². The lowest BCUT2D eigenvalue weighted by Gasteiger charge is -2.02. The highest BCUT2D eigenvalue weighted by Gasteiger charge is 2.14. The summed E-state index contributed by atoms with van der Waals surface area (Å²) in [7, 11) is 0. The van der Waals surface area contributed by atoms with E-state index < -0.39 is 0 Å². The van der Waals surface area contributed by atoms with Gasteiger partial charge in [-0.2, -0.15) is 10.5 Å². The molecule has 28 heavy (non-hydrogen) atoms. The minimum absolute atomic E-state index is 0.356. The zero-order valence-corrected chi connectivity index (χ0v) is 15.7. The van der Waals surface area contributed by atoms with E-state index in [1.54, 1.807) is 30.3 Å². The molecule has 0 fully saturated rings. The Morgan fingerprint density at radius 3 is 2.61 bits per heavy atom. The molecule has 0 bridgehead atoms. The molecule has 0 spiro atoms. The van der Waals surface area contributed by atoms with Gasteiger partial charge in [0.1, 0.15) is 11.8 Å². The molecule has 2 aromatic heterocycles. The average molecular weight is 383 g/mol. The SMILES string of the molecule is CCC(=Nc1ccc(C#N)c2sccc12)c1nnc(-c2ccc(C#N)cc2)o1. The minimum atomic E-state index is 0.356. The molecule has 0 N–H and O–H groups in total. The number of rotatable bonds is 4. The summed E-state index contributed by atoms with van der Waals surface area (Å²) in [5.41, 5.74) is 3.39. The van der Waals surface area contributed by atoms with Crippen LogP contribution in [0.1, 0.15) is 30.4 Å². The molecule has 134 valence electrons. The number of aliphatic imine (C=N–C) groups is 1. The van der Waals surface area contributed by atoms with Gasteiger partial charge in [0.15, 0.2) is 0 Å². The number of hydrogen-bond acceptors (Lipinski definition) is 7. The van der Waals surface area contributed by atoms with Crippen LogP contribution in [0.5, 0.6) is 0 Å². The molecule has 0 saturated heterocycles. The van der Waals surface area contributed by atoms with Crippen LogP contribution in [-0.2, 0) is 0 Å². The van der Waals surface area contributed by atoms with Crippen LogP contribution in [0.15, 0.2) is 57.3 Å². The van der Waals surface area contributed by atoms with Gasteiger partial charge in [-0.05, 0) is 54.3 Å². The van der Waals surface area contributed by atoms with Crippen molar-refractivity contribution in [1.29, 1.82) is 10.5 Å². The zero-order chi connectivity index (χ0) is 19.5. The standard InChI is InChI=1S/C21H13N5OS/c1-2-17(24-18-8-7-15(12-23)19-16(18)9-10-28-19)21-26-25-20(27-21)14-5-3-13(11-22)4-6-14/h3-10H,2H2,1H3. The smallest absolute Gasteiger partial charge is 0.262 e. The van der Waals surface area contributed by atoms with Crippen molar-refractivity contribution in [3.05, 3.63) is 64.9 Å². The maximum atomic E-state index is 9.26. The highest BCUT2D eigenvalue weighted by molar-refractivity contribution is 7.17. The van der Waals surface area contributed by atoms with Crippen LogP contribution in [0, 0.1) is 22.7 Å². The third-order valence-electron chi connectivity index (χ3n) is 4.24. The van der Waals surface area contributed by atoms with Crippen LogP contribution >= 0.6 is 11.3 Å². The van der Waals surface area contributed by atoms with Gasteiger partial charge in [-0.3, -0.25) is 0 Å². The quantitative estimate of drug-likeness (QED) is 0.450. The third kappa shape index (κ3) is 3.16. The predicted molar refractivity (Wildman–Crippen MR) is 107 cm³/mol. The van der Waals surface area contributed by atoms with Gasteiger partial charge < -0.3 is 4.42 Å². The van der Waals surface area contributed by atoms with Crippen molar-refractivity contribution in [3.63, 3.8) is 0 Å². The van der Waals surface area contributed by atoms with Gasteiger partial charge in [-0.1, -0.05) is 6.92 Å². The fourth-order valence-electron chi connectivity index (χ4n) is 2.80. The summed E-state index contributed by atoms with van der Waals surface area (Å²) >= 11 is 1.52. The summed E-state index contributed by atoms with van der Waals surface area (Å²) in [6.07, 6.45) is 0.612. The molecule has 4 aromatic rings. The second kappa shape index (κ2) is 7.43. The summed E-state index contributed by atoms with van der Waals surface area (Å²) in [5.74, 6) is 0.732. The second-order valence-electron chi connectivity index (χ2n) is 5.92. The van der Waals surface area contributed by atoms with Crippen LogP contribution < -0.4 is 0 Å². The molecule has 7 heteroatoms. The summed E-state index contributed by atoms with van der Waals surface area (Å²) in [5, 5.41) is 29.3. The molecule has 2 heterocycles. The van der Waals surface area contributed by atoms with E-state index in [4.69, 9.17) is 14.7 Å². The first kappa shape index (κ1) is 17.6. The van der Waals surface area contributed by atoms with Crippen LogP contribution in [0.25, 0.3) is 21.5 Å². The molecule has 4 rings (SSSR count). The highest BCUT2D eigenvalue weighted by atomic mass is 32.1. The van der Waals surface area contributed by atoms with E-state index >= 15 is 0 Å². The Morgan fingerprint density at radius 2 is 1.89 bits per heavy atom. The normalized spacial score (nSPS) is 11.3. The van der Waals surface area contributed by atoms with Gasteiger partial charge in [-0.15, -0.1) is 21.5 Å². The minimum Gasteiger partial charge on any atom is -0.415 e. The molecule has 0 amide bonds. The van der Waals surface area contributed by atoms with Crippen molar-refractivity contribution in [2.45, 2.75) is 13.3 Å². The lowest BCUT2D eigenvalue weighted by atomic mass is 10.1. The Bertz CT molecular complexity index is 1270. The number of fused-ring (bicyclic) bond motifs is 1. The molecule has 0 unspecified atom stereocenters. The number of thiophene rings is 1. The van der Waals surface area contributed by atoms with Crippen molar-refractivity contribution in [2.24, 2.45) is 4.99 Å². The fourth-order valence-corrected chi connectivity index (χ4v) is 3.68. The van der Waals surface area contributed by atoms with Crippen molar-refractivity contribution in [2.75, 3.05) is 0 Å². The molecule has 0 radical (unpaired) electrons. The number of aromatic nitrogens is 2. The van der Waals surface area contributed by atoms with Gasteiger partial charge >= 0.3 is 0 Å². The molecule has 0 aliphatic rings. The van der Waals surface area contributed by atoms with Gasteiger partial charge in [0.25, 0.3) is 5.89 Å². The van der Waals surface area contributed by atoms with E-state index in [2.05, 4.69) is 22.3 Å². The van der Waals surface area contributed by atoms with Crippen LogP contribution in [-0.4, -0.2) is 15.9 Å². The van der Waals surface area contributed by atoms with Crippen LogP contribution in [0.2, 0.25) is 0 Å². The van der Waals surface area contributed by atoms with Gasteiger partial charge in [0, 0.05) is 10.9 Å². The molecular weight excluding hydrogens is 370 g/mol. The Hall–Kier alpha value is -3.81. The van der Waals surface area contributed by atoms with Crippen LogP contribution in [0.3, 0.4) is 0 Å². The fraction of sp³-hybridized carbons (Fsp3) is 0.0952. The maximum Gasteiger partial charge on any atom is 0.262 e. The van der Waals surface area contributed by atoms with Crippen molar-refractivity contribution in [3.8, 4) is 23.6 Å². The topological polar surface area (TPSA) is 98.9 Å². The number of benzene rings is 2. The molecule has 0 aliphatic carbocycles. The molecule has 2 aromatic carbocycles. The number of nitriles is 2. The highest BCUT2D eigenvalue weighted by Crippen LogP contribution is 2.33. The lowest BCUT2D eigenvalue weighted by molar-refractivity contribution is 0.556. The largest absolute Gasteiger partial charge is 0.415 e. The van der Waals surface area contributed by atoms with Gasteiger partial charge in [0.05, 0.1) is 27.6 Å². The van der Waals surface area contributed by atoms with Crippen LogP contribution in [0.4, 0.5) is 5.69 Å². The molecule has 0 atom stereocenters. The van der Waals surface area contributed by atoms with Gasteiger partial charge in [-0.25, -0.2) is 4.99 Å². The summed E-state index contributed by atoms with van der Waals surface area (Å²) < 4.78 is 6.74. The Labute approximate surface area is 165 Å².